The molecule has 51 heavy (non-hydrogen) atoms. The van der Waals surface area contributed by atoms with Crippen LogP contribution in [0.15, 0.2) is 62.0 Å². The minimum atomic E-state index is 0.0671. The van der Waals surface area contributed by atoms with Gasteiger partial charge in [0.15, 0.2) is 6.79 Å². The maximum Gasteiger partial charge on any atom is 0.151 e. The first-order valence-electron chi connectivity index (χ1n) is 17.8. The molecule has 2 saturated carbocycles. The van der Waals surface area contributed by atoms with E-state index >= 15 is 0 Å². The summed E-state index contributed by atoms with van der Waals surface area (Å²) in [4.78, 5) is 18.2. The third-order valence-electron chi connectivity index (χ3n) is 10.7. The second-order valence-electron chi connectivity index (χ2n) is 13.6. The molecule has 6 aromatic heterocycles. The van der Waals surface area contributed by atoms with Gasteiger partial charge in [0.05, 0.1) is 60.8 Å². The van der Waals surface area contributed by atoms with Gasteiger partial charge in [-0.05, 0) is 49.7 Å². The molecule has 2 aliphatic carbocycles. The fourth-order valence-electron chi connectivity index (χ4n) is 8.11. The molecule has 14 nitrogen and oxygen atoms in total. The molecule has 2 atom stereocenters. The molecule has 14 heteroatoms. The number of ether oxygens (including phenoxy) is 2. The second kappa shape index (κ2) is 14.8. The number of nitrogens with zero attached hydrogens (tertiary/aromatic N) is 12. The molecule has 6 aromatic rings. The van der Waals surface area contributed by atoms with E-state index in [1.807, 2.05) is 67.8 Å². The largest absolute Gasteiger partial charge is 0.335 e. The summed E-state index contributed by atoms with van der Waals surface area (Å²) in [7, 11) is 0. The molecule has 6 heterocycles. The minimum Gasteiger partial charge on any atom is -0.335 e. The van der Waals surface area contributed by atoms with Crippen LogP contribution in [-0.2, 0) is 22.9 Å². The maximum absolute atomic E-state index is 9.47. The highest BCUT2D eigenvalue weighted by atomic mass is 16.7. The Hall–Kier alpha value is -5.44. The molecule has 8 rings (SSSR count). The van der Waals surface area contributed by atoms with Crippen LogP contribution in [0.1, 0.15) is 76.3 Å². The Morgan fingerprint density at radius 3 is 1.55 bits per heavy atom. The molecule has 2 aliphatic rings. The molecule has 0 spiro atoms. The zero-order valence-corrected chi connectivity index (χ0v) is 28.5. The van der Waals surface area contributed by atoms with Gasteiger partial charge in [0.1, 0.15) is 37.4 Å². The minimum absolute atomic E-state index is 0.0671. The Balaban J connectivity index is 0.897. The van der Waals surface area contributed by atoms with Crippen LogP contribution < -0.4 is 0 Å². The van der Waals surface area contributed by atoms with Crippen LogP contribution in [0.4, 0.5) is 0 Å². The fraction of sp³-hybridized carbons (Fsp3) is 0.459. The average Bonchev–Trinajstić information content (AvgIpc) is 4.02. The summed E-state index contributed by atoms with van der Waals surface area (Å²) in [5.41, 5.74) is 4.90. The molecule has 0 saturated heterocycles. The Labute approximate surface area is 295 Å². The Morgan fingerprint density at radius 2 is 1.12 bits per heavy atom. The van der Waals surface area contributed by atoms with E-state index in [1.165, 1.54) is 25.7 Å². The normalized spacial score (nSPS) is 16.6. The number of fused-ring (bicyclic) bond motifs is 2. The van der Waals surface area contributed by atoms with Crippen molar-refractivity contribution in [3.05, 3.63) is 62.0 Å². The van der Waals surface area contributed by atoms with Crippen molar-refractivity contribution in [2.45, 2.75) is 89.8 Å². The fourth-order valence-corrected chi connectivity index (χ4v) is 8.11. The van der Waals surface area contributed by atoms with Crippen molar-refractivity contribution in [2.75, 3.05) is 6.79 Å². The monoisotopic (exact) mass is 684 g/mol. The highest BCUT2D eigenvalue weighted by Crippen LogP contribution is 2.38. The highest BCUT2D eigenvalue weighted by molar-refractivity contribution is 5.91. The standard InChI is InChI=1S/C37H40N12O2/c38-13-9-32(26-5-1-2-6-26)48-19-28(17-44-48)34-30-11-15-46(36(30)42-21-40-34)23-50-25-51-24-47-16-12-31-35(41-22-43-37(31)47)29-18-45-49(20-29)33(10-14-39)27-7-3-4-8-27/h11-12,15-22,26-27,32-33H,1-10,23-25H2. The summed E-state index contributed by atoms with van der Waals surface area (Å²) in [5, 5.41) is 30.1. The lowest BCUT2D eigenvalue weighted by molar-refractivity contribution is -0.0985. The average molecular weight is 685 g/mol. The van der Waals surface area contributed by atoms with Gasteiger partial charge in [0.2, 0.25) is 0 Å². The third-order valence-corrected chi connectivity index (χ3v) is 10.7. The van der Waals surface area contributed by atoms with Crippen molar-refractivity contribution < 1.29 is 9.47 Å². The second-order valence-corrected chi connectivity index (χ2v) is 13.6. The van der Waals surface area contributed by atoms with Gasteiger partial charge in [-0.2, -0.15) is 20.7 Å². The van der Waals surface area contributed by atoms with Gasteiger partial charge in [0.25, 0.3) is 0 Å². The summed E-state index contributed by atoms with van der Waals surface area (Å²) >= 11 is 0. The lowest BCUT2D eigenvalue weighted by atomic mass is 9.96. The first-order chi connectivity index (χ1) is 25.2. The van der Waals surface area contributed by atoms with E-state index in [2.05, 4.69) is 42.3 Å². The van der Waals surface area contributed by atoms with Crippen LogP contribution in [0, 0.1) is 34.5 Å². The quantitative estimate of drug-likeness (QED) is 0.0881. The summed E-state index contributed by atoms with van der Waals surface area (Å²) in [6.45, 7) is 0.570. The Kier molecular flexibility index (Phi) is 9.51. The van der Waals surface area contributed by atoms with Gasteiger partial charge in [-0.3, -0.25) is 9.36 Å². The van der Waals surface area contributed by atoms with Gasteiger partial charge < -0.3 is 18.6 Å². The molecule has 0 aliphatic heterocycles. The van der Waals surface area contributed by atoms with E-state index < -0.39 is 0 Å². The summed E-state index contributed by atoms with van der Waals surface area (Å²) < 4.78 is 19.5. The van der Waals surface area contributed by atoms with Gasteiger partial charge in [0, 0.05) is 46.7 Å². The summed E-state index contributed by atoms with van der Waals surface area (Å²) in [5.74, 6) is 0.966. The van der Waals surface area contributed by atoms with Crippen LogP contribution in [-0.4, -0.2) is 55.4 Å². The van der Waals surface area contributed by atoms with E-state index in [0.717, 1.165) is 70.3 Å². The van der Waals surface area contributed by atoms with Gasteiger partial charge in [-0.1, -0.05) is 25.7 Å². The summed E-state index contributed by atoms with van der Waals surface area (Å²) in [6, 6.07) is 8.86. The highest BCUT2D eigenvalue weighted by Gasteiger charge is 2.28. The predicted molar refractivity (Wildman–Crippen MR) is 187 cm³/mol. The van der Waals surface area contributed by atoms with E-state index in [1.54, 1.807) is 12.7 Å². The molecule has 0 radical (unpaired) electrons. The van der Waals surface area contributed by atoms with Crippen LogP contribution in [0.5, 0.6) is 0 Å². The lowest BCUT2D eigenvalue weighted by Crippen LogP contribution is -2.17. The first-order valence-corrected chi connectivity index (χ1v) is 17.8. The van der Waals surface area contributed by atoms with Crippen molar-refractivity contribution in [1.82, 2.24) is 48.6 Å². The number of nitriles is 2. The van der Waals surface area contributed by atoms with Gasteiger partial charge in [-0.25, -0.2) is 19.9 Å². The van der Waals surface area contributed by atoms with Gasteiger partial charge in [-0.15, -0.1) is 0 Å². The molecule has 2 fully saturated rings. The molecule has 0 N–H and O–H groups in total. The van der Waals surface area contributed by atoms with Crippen molar-refractivity contribution in [1.29, 1.82) is 10.5 Å². The van der Waals surface area contributed by atoms with Crippen molar-refractivity contribution >= 4 is 22.1 Å². The van der Waals surface area contributed by atoms with Crippen LogP contribution in [0.2, 0.25) is 0 Å². The predicted octanol–water partition coefficient (Wildman–Crippen LogP) is 6.80. The van der Waals surface area contributed by atoms with E-state index in [-0.39, 0.29) is 32.3 Å². The first kappa shape index (κ1) is 32.7. The smallest absolute Gasteiger partial charge is 0.151 e. The number of rotatable bonds is 14. The maximum atomic E-state index is 9.47. The SMILES string of the molecule is N#CCC(C1CCCC1)n1cc(-c2ncnc3c2ccn3COCOCn2ccc3c(-c4cnn(C(CC#N)C5CCCC5)c4)ncnc32)cn1. The lowest BCUT2D eigenvalue weighted by Gasteiger charge is -2.21. The molecule has 0 bridgehead atoms. The third kappa shape index (κ3) is 6.60. The Bertz CT molecular complexity index is 2030. The van der Waals surface area contributed by atoms with Crippen LogP contribution in [0.25, 0.3) is 44.6 Å². The van der Waals surface area contributed by atoms with E-state index in [4.69, 9.17) is 9.47 Å². The molecule has 260 valence electrons. The van der Waals surface area contributed by atoms with Gasteiger partial charge >= 0.3 is 0 Å². The van der Waals surface area contributed by atoms with E-state index in [9.17, 15) is 10.5 Å². The molecule has 0 amide bonds. The molecular weight excluding hydrogens is 644 g/mol. The molecular formula is C37H40N12O2. The number of hydrogen-bond donors (Lipinski definition) is 0. The molecule has 2 unspecified atom stereocenters. The van der Waals surface area contributed by atoms with Crippen molar-refractivity contribution in [3.63, 3.8) is 0 Å². The topological polar surface area (TPSA) is 163 Å². The zero-order chi connectivity index (χ0) is 34.6. The zero-order valence-electron chi connectivity index (χ0n) is 28.5. The van der Waals surface area contributed by atoms with Crippen LogP contribution in [0.3, 0.4) is 0 Å². The number of aromatic nitrogens is 10. The number of hydrogen-bond acceptors (Lipinski definition) is 10. The van der Waals surface area contributed by atoms with Crippen LogP contribution >= 0.6 is 0 Å². The van der Waals surface area contributed by atoms with Crippen molar-refractivity contribution in [2.24, 2.45) is 11.8 Å². The summed E-state index contributed by atoms with van der Waals surface area (Å²) in [6.07, 6.45) is 25.0. The molecule has 0 aromatic carbocycles. The van der Waals surface area contributed by atoms with E-state index in [0.29, 0.717) is 24.7 Å². The Morgan fingerprint density at radius 1 is 0.667 bits per heavy atom. The van der Waals surface area contributed by atoms with Crippen molar-refractivity contribution in [3.8, 4) is 34.7 Å².